The summed E-state index contributed by atoms with van der Waals surface area (Å²) in [5.41, 5.74) is 0.000783. The average molecular weight is 318 g/mol. The molecule has 0 bridgehead atoms. The van der Waals surface area contributed by atoms with Crippen LogP contribution in [-0.4, -0.2) is 51.9 Å². The summed E-state index contributed by atoms with van der Waals surface area (Å²) in [4.78, 5) is 35.4. The highest BCUT2D eigenvalue weighted by Crippen LogP contribution is 2.14. The van der Waals surface area contributed by atoms with Gasteiger partial charge in [0, 0.05) is 43.8 Å². The van der Waals surface area contributed by atoms with E-state index < -0.39 is 0 Å². The summed E-state index contributed by atoms with van der Waals surface area (Å²) in [6, 6.07) is 4.21. The molecule has 0 saturated carbocycles. The molecule has 0 unspecified atom stereocenters. The summed E-state index contributed by atoms with van der Waals surface area (Å²) in [5.74, 6) is -0.116. The fourth-order valence-corrected chi connectivity index (χ4v) is 3.32. The Bertz CT molecular complexity index is 663. The molecule has 6 nitrogen and oxygen atoms in total. The second kappa shape index (κ2) is 6.85. The number of carbonyl (C=O) groups excluding carboxylic acids is 1. The first-order valence-corrected chi connectivity index (χ1v) is 8.19. The van der Waals surface area contributed by atoms with Gasteiger partial charge in [0.15, 0.2) is 0 Å². The first kappa shape index (κ1) is 14.9. The number of hydrogen-bond acceptors (Lipinski definition) is 5. The molecule has 0 radical (unpaired) electrons. The smallest absolute Gasteiger partial charge is 0.274 e. The first-order valence-electron chi connectivity index (χ1n) is 7.31. The zero-order chi connectivity index (χ0) is 15.4. The van der Waals surface area contributed by atoms with Crippen LogP contribution in [0, 0.1) is 0 Å². The number of carbonyl (C=O) groups is 1. The van der Waals surface area contributed by atoms with E-state index in [4.69, 9.17) is 0 Å². The third kappa shape index (κ3) is 3.61. The Morgan fingerprint density at radius 1 is 1.32 bits per heavy atom. The molecule has 3 rings (SSSR count). The third-order valence-electron chi connectivity index (χ3n) is 3.73. The van der Waals surface area contributed by atoms with Gasteiger partial charge in [-0.2, -0.15) is 0 Å². The van der Waals surface area contributed by atoms with Crippen molar-refractivity contribution in [3.8, 4) is 0 Å². The molecule has 22 heavy (non-hydrogen) atoms. The van der Waals surface area contributed by atoms with E-state index in [2.05, 4.69) is 32.4 Å². The van der Waals surface area contributed by atoms with Crippen molar-refractivity contribution in [3.63, 3.8) is 0 Å². The Hall–Kier alpha value is -1.99. The summed E-state index contributed by atoms with van der Waals surface area (Å²) < 4.78 is 0. The van der Waals surface area contributed by atoms with Crippen molar-refractivity contribution in [1.29, 1.82) is 0 Å². The van der Waals surface area contributed by atoms with Gasteiger partial charge in [0.05, 0.1) is 6.20 Å². The van der Waals surface area contributed by atoms with Crippen molar-refractivity contribution in [3.05, 3.63) is 50.8 Å². The van der Waals surface area contributed by atoms with E-state index in [1.165, 1.54) is 11.1 Å². The van der Waals surface area contributed by atoms with Crippen molar-refractivity contribution >= 4 is 17.2 Å². The van der Waals surface area contributed by atoms with Gasteiger partial charge in [-0.05, 0) is 17.9 Å². The number of H-pyrrole nitrogens is 1. The lowest BCUT2D eigenvalue weighted by molar-refractivity contribution is 0.0754. The van der Waals surface area contributed by atoms with Crippen LogP contribution in [0.4, 0.5) is 0 Å². The average Bonchev–Trinajstić information content (AvgIpc) is 2.92. The first-order chi connectivity index (χ1) is 10.7. The van der Waals surface area contributed by atoms with Crippen molar-refractivity contribution < 1.29 is 4.79 Å². The van der Waals surface area contributed by atoms with Gasteiger partial charge in [0.25, 0.3) is 11.5 Å². The Balaban J connectivity index is 1.61. The second-order valence-electron chi connectivity index (χ2n) is 5.30. The minimum absolute atomic E-state index is 0.116. The largest absolute Gasteiger partial charge is 0.336 e. The van der Waals surface area contributed by atoms with E-state index in [-0.39, 0.29) is 11.5 Å². The minimum atomic E-state index is -0.297. The van der Waals surface area contributed by atoms with Crippen LogP contribution in [0.25, 0.3) is 0 Å². The Morgan fingerprint density at radius 2 is 2.23 bits per heavy atom. The fraction of sp³-hybridized carbons (Fsp3) is 0.400. The molecule has 0 aliphatic carbocycles. The van der Waals surface area contributed by atoms with Gasteiger partial charge in [0.2, 0.25) is 0 Å². The van der Waals surface area contributed by atoms with Crippen LogP contribution in [-0.2, 0) is 6.54 Å². The number of aromatic nitrogens is 2. The van der Waals surface area contributed by atoms with E-state index >= 15 is 0 Å². The van der Waals surface area contributed by atoms with Gasteiger partial charge in [-0.3, -0.25) is 14.5 Å². The highest BCUT2D eigenvalue weighted by molar-refractivity contribution is 7.09. The van der Waals surface area contributed by atoms with E-state index in [9.17, 15) is 9.59 Å². The summed E-state index contributed by atoms with van der Waals surface area (Å²) in [6.45, 7) is 4.19. The summed E-state index contributed by atoms with van der Waals surface area (Å²) >= 11 is 1.76. The standard InChI is InChI=1S/C15H18N4O2S/c20-14-10-16-13(9-17-14)15(21)19-5-2-4-18(6-7-19)11-12-3-1-8-22-12/h1,3,8-10H,2,4-7,11H2,(H,17,20). The molecule has 1 amide bonds. The lowest BCUT2D eigenvalue weighted by Crippen LogP contribution is -2.35. The SMILES string of the molecule is O=C(c1c[nH]c(=O)cn1)N1CCCN(Cc2cccs2)CC1. The molecule has 1 fully saturated rings. The number of hydrogen-bond donors (Lipinski definition) is 1. The lowest BCUT2D eigenvalue weighted by Gasteiger charge is -2.21. The van der Waals surface area contributed by atoms with E-state index in [0.29, 0.717) is 12.2 Å². The number of rotatable bonds is 3. The van der Waals surface area contributed by atoms with Crippen LogP contribution in [0.2, 0.25) is 0 Å². The Kier molecular flexibility index (Phi) is 4.65. The predicted octanol–water partition coefficient (Wildman–Crippen LogP) is 1.18. The maximum absolute atomic E-state index is 12.4. The van der Waals surface area contributed by atoms with Crippen molar-refractivity contribution in [2.75, 3.05) is 26.2 Å². The molecule has 3 heterocycles. The third-order valence-corrected chi connectivity index (χ3v) is 4.59. The van der Waals surface area contributed by atoms with Gasteiger partial charge in [-0.25, -0.2) is 4.98 Å². The van der Waals surface area contributed by atoms with Crippen LogP contribution in [0.5, 0.6) is 0 Å². The van der Waals surface area contributed by atoms with Crippen LogP contribution < -0.4 is 5.56 Å². The van der Waals surface area contributed by atoms with Crippen LogP contribution in [0.15, 0.2) is 34.7 Å². The summed E-state index contributed by atoms with van der Waals surface area (Å²) in [7, 11) is 0. The van der Waals surface area contributed by atoms with Crippen molar-refractivity contribution in [2.24, 2.45) is 0 Å². The molecule has 116 valence electrons. The van der Waals surface area contributed by atoms with E-state index in [1.807, 2.05) is 4.90 Å². The fourth-order valence-electron chi connectivity index (χ4n) is 2.58. The maximum atomic E-state index is 12.4. The van der Waals surface area contributed by atoms with Crippen molar-refractivity contribution in [2.45, 2.75) is 13.0 Å². The summed E-state index contributed by atoms with van der Waals surface area (Å²) in [6.07, 6.45) is 3.48. The van der Waals surface area contributed by atoms with Gasteiger partial charge in [-0.15, -0.1) is 11.3 Å². The highest BCUT2D eigenvalue weighted by Gasteiger charge is 2.21. The summed E-state index contributed by atoms with van der Waals surface area (Å²) in [5, 5.41) is 2.09. The van der Waals surface area contributed by atoms with Crippen molar-refractivity contribution in [1.82, 2.24) is 19.8 Å². The molecule has 2 aromatic heterocycles. The monoisotopic (exact) mass is 318 g/mol. The Labute approximate surface area is 132 Å². The number of thiophene rings is 1. The number of amides is 1. The molecule has 1 aliphatic rings. The normalized spacial score (nSPS) is 16.5. The predicted molar refractivity (Wildman–Crippen MR) is 85.0 cm³/mol. The molecule has 0 spiro atoms. The molecule has 7 heteroatoms. The molecular weight excluding hydrogens is 300 g/mol. The highest BCUT2D eigenvalue weighted by atomic mass is 32.1. The number of nitrogens with one attached hydrogen (secondary N) is 1. The molecule has 2 aromatic rings. The molecule has 1 N–H and O–H groups in total. The van der Waals surface area contributed by atoms with Gasteiger partial charge < -0.3 is 9.88 Å². The topological polar surface area (TPSA) is 69.3 Å². The van der Waals surface area contributed by atoms with Crippen LogP contribution in [0.1, 0.15) is 21.8 Å². The van der Waals surface area contributed by atoms with Crippen LogP contribution in [0.3, 0.4) is 0 Å². The molecule has 1 saturated heterocycles. The Morgan fingerprint density at radius 3 is 2.95 bits per heavy atom. The molecule has 0 aromatic carbocycles. The van der Waals surface area contributed by atoms with E-state index in [0.717, 1.165) is 38.8 Å². The lowest BCUT2D eigenvalue weighted by atomic mass is 10.3. The number of nitrogens with zero attached hydrogens (tertiary/aromatic N) is 3. The van der Waals surface area contributed by atoms with Gasteiger partial charge in [-0.1, -0.05) is 6.07 Å². The second-order valence-corrected chi connectivity index (χ2v) is 6.33. The maximum Gasteiger partial charge on any atom is 0.274 e. The molecular formula is C15H18N4O2S. The quantitative estimate of drug-likeness (QED) is 0.922. The zero-order valence-corrected chi connectivity index (χ0v) is 13.0. The zero-order valence-electron chi connectivity index (χ0n) is 12.2. The van der Waals surface area contributed by atoms with Crippen LogP contribution >= 0.6 is 11.3 Å². The minimum Gasteiger partial charge on any atom is -0.336 e. The van der Waals surface area contributed by atoms with E-state index in [1.54, 1.807) is 11.3 Å². The molecule has 1 aliphatic heterocycles. The van der Waals surface area contributed by atoms with Gasteiger partial charge in [0.1, 0.15) is 5.69 Å². The number of aromatic amines is 1. The van der Waals surface area contributed by atoms with Gasteiger partial charge >= 0.3 is 0 Å². The molecule has 0 atom stereocenters.